The van der Waals surface area contributed by atoms with Gasteiger partial charge in [0.15, 0.2) is 8.32 Å². The molecule has 1 N–H and O–H groups in total. The van der Waals surface area contributed by atoms with Gasteiger partial charge in [-0.05, 0) is 40.1 Å². The van der Waals surface area contributed by atoms with Gasteiger partial charge in [0, 0.05) is 30.7 Å². The Bertz CT molecular complexity index is 1070. The van der Waals surface area contributed by atoms with Gasteiger partial charge in [-0.25, -0.2) is 0 Å². The molecular formula is C21H27BrCl2N4O2Si. The first kappa shape index (κ1) is 24.4. The van der Waals surface area contributed by atoms with Crippen LogP contribution < -0.4 is 5.32 Å². The van der Waals surface area contributed by atoms with Crippen molar-refractivity contribution in [1.82, 2.24) is 9.47 Å². The van der Waals surface area contributed by atoms with Crippen LogP contribution in [0.25, 0.3) is 10.9 Å². The number of carbonyl (C=O) groups is 1. The third-order valence-electron chi connectivity index (χ3n) is 6.23. The molecule has 2 heterocycles. The lowest BCUT2D eigenvalue weighted by molar-refractivity contribution is 0.0673. The van der Waals surface area contributed by atoms with Crippen molar-refractivity contribution in [3.63, 3.8) is 0 Å². The normalized spacial score (nSPS) is 14.7. The van der Waals surface area contributed by atoms with Gasteiger partial charge >= 0.3 is 0 Å². The van der Waals surface area contributed by atoms with Crippen LogP contribution in [0.1, 0.15) is 31.3 Å². The highest BCUT2D eigenvalue weighted by atomic mass is 79.9. The van der Waals surface area contributed by atoms with E-state index in [4.69, 9.17) is 32.9 Å². The SMILES string of the molecule is CC(C)(C)[Si](C)(C)OCCN1CCn2c(c(Br)c3c(NCC#N)cc(Cl)c(Cl)c32)C1=O. The number of halogens is 3. The van der Waals surface area contributed by atoms with Crippen LogP contribution in [0.4, 0.5) is 5.69 Å². The van der Waals surface area contributed by atoms with Crippen molar-refractivity contribution in [2.75, 3.05) is 31.6 Å². The minimum atomic E-state index is -1.87. The smallest absolute Gasteiger partial charge is 0.271 e. The van der Waals surface area contributed by atoms with Gasteiger partial charge in [0.25, 0.3) is 5.91 Å². The first-order valence-corrected chi connectivity index (χ1v) is 14.6. The Morgan fingerprint density at radius 3 is 2.61 bits per heavy atom. The van der Waals surface area contributed by atoms with E-state index in [1.807, 2.05) is 9.47 Å². The number of fused-ring (bicyclic) bond motifs is 3. The molecule has 1 aliphatic heterocycles. The van der Waals surface area contributed by atoms with Crippen LogP contribution in [0, 0.1) is 11.3 Å². The minimum Gasteiger partial charge on any atom is -0.415 e. The number of benzene rings is 1. The third kappa shape index (κ3) is 4.48. The van der Waals surface area contributed by atoms with E-state index in [9.17, 15) is 4.79 Å². The van der Waals surface area contributed by atoms with Gasteiger partial charge in [-0.1, -0.05) is 44.0 Å². The molecule has 1 aromatic carbocycles. The number of hydrogen-bond acceptors (Lipinski definition) is 4. The summed E-state index contributed by atoms with van der Waals surface area (Å²) in [4.78, 5) is 15.2. The predicted molar refractivity (Wildman–Crippen MR) is 133 cm³/mol. The summed E-state index contributed by atoms with van der Waals surface area (Å²) in [6, 6.07) is 3.75. The average molecular weight is 546 g/mol. The monoisotopic (exact) mass is 544 g/mol. The van der Waals surface area contributed by atoms with Crippen molar-refractivity contribution in [3.05, 3.63) is 26.3 Å². The Hall–Kier alpha value is -1.24. The molecule has 1 amide bonds. The molecule has 1 aromatic heterocycles. The molecule has 0 bridgehead atoms. The summed E-state index contributed by atoms with van der Waals surface area (Å²) in [6.45, 7) is 13.4. The van der Waals surface area contributed by atoms with Gasteiger partial charge < -0.3 is 19.2 Å². The van der Waals surface area contributed by atoms with Crippen LogP contribution >= 0.6 is 39.1 Å². The highest BCUT2D eigenvalue weighted by Gasteiger charge is 2.38. The van der Waals surface area contributed by atoms with E-state index < -0.39 is 8.32 Å². The molecule has 0 spiro atoms. The van der Waals surface area contributed by atoms with E-state index in [0.29, 0.717) is 57.7 Å². The van der Waals surface area contributed by atoms with E-state index in [1.165, 1.54) is 0 Å². The van der Waals surface area contributed by atoms with Crippen LogP contribution in [-0.2, 0) is 11.0 Å². The van der Waals surface area contributed by atoms with Crippen molar-refractivity contribution in [3.8, 4) is 6.07 Å². The molecular weight excluding hydrogens is 519 g/mol. The summed E-state index contributed by atoms with van der Waals surface area (Å²) >= 11 is 16.5. The summed E-state index contributed by atoms with van der Waals surface area (Å²) in [5.74, 6) is -0.0772. The van der Waals surface area contributed by atoms with Crippen LogP contribution in [0.5, 0.6) is 0 Å². The number of aromatic nitrogens is 1. The van der Waals surface area contributed by atoms with Crippen molar-refractivity contribution in [2.24, 2.45) is 0 Å². The fourth-order valence-electron chi connectivity index (χ4n) is 3.46. The Morgan fingerprint density at radius 2 is 2.00 bits per heavy atom. The van der Waals surface area contributed by atoms with E-state index in [0.717, 1.165) is 5.39 Å². The van der Waals surface area contributed by atoms with Crippen molar-refractivity contribution >= 4 is 69.9 Å². The molecule has 10 heteroatoms. The van der Waals surface area contributed by atoms with E-state index in [1.54, 1.807) is 6.07 Å². The Morgan fingerprint density at radius 1 is 1.32 bits per heavy atom. The van der Waals surface area contributed by atoms with Gasteiger partial charge in [0.1, 0.15) is 12.2 Å². The molecule has 31 heavy (non-hydrogen) atoms. The maximum atomic E-state index is 13.4. The molecule has 0 radical (unpaired) electrons. The zero-order chi connectivity index (χ0) is 23.1. The lowest BCUT2D eigenvalue weighted by Gasteiger charge is -2.37. The molecule has 0 atom stereocenters. The molecule has 0 aliphatic carbocycles. The van der Waals surface area contributed by atoms with Crippen molar-refractivity contribution in [1.29, 1.82) is 5.26 Å². The zero-order valence-electron chi connectivity index (χ0n) is 18.4. The minimum absolute atomic E-state index is 0.0772. The number of nitriles is 1. The van der Waals surface area contributed by atoms with Gasteiger partial charge in [-0.15, -0.1) is 0 Å². The molecule has 0 saturated carbocycles. The van der Waals surface area contributed by atoms with Crippen LogP contribution in [0.3, 0.4) is 0 Å². The van der Waals surface area contributed by atoms with Gasteiger partial charge in [0.2, 0.25) is 0 Å². The van der Waals surface area contributed by atoms with E-state index >= 15 is 0 Å². The zero-order valence-corrected chi connectivity index (χ0v) is 22.5. The van der Waals surface area contributed by atoms with Crippen LogP contribution in [0.2, 0.25) is 28.2 Å². The van der Waals surface area contributed by atoms with E-state index in [2.05, 4.69) is 61.2 Å². The molecule has 168 valence electrons. The quantitative estimate of drug-likeness (QED) is 0.350. The summed E-state index contributed by atoms with van der Waals surface area (Å²) in [5.41, 5.74) is 1.90. The number of nitrogens with one attached hydrogen (secondary N) is 1. The topological polar surface area (TPSA) is 70.3 Å². The highest BCUT2D eigenvalue weighted by Crippen LogP contribution is 2.44. The summed E-state index contributed by atoms with van der Waals surface area (Å²) in [7, 11) is -1.87. The third-order valence-corrected chi connectivity index (χ3v) is 12.3. The molecule has 2 aromatic rings. The second kappa shape index (κ2) is 8.95. The predicted octanol–water partition coefficient (Wildman–Crippen LogP) is 6.12. The Labute approximate surface area is 202 Å². The first-order chi connectivity index (χ1) is 14.4. The standard InChI is InChI=1S/C21H27BrCl2N4O2Si/c1-21(2,3)31(4,5)30-11-10-27-8-9-28-18-15(16(22)19(28)20(27)29)14(26-7-6-25)12-13(23)17(18)24/h12,26H,7-11H2,1-5H3. The van der Waals surface area contributed by atoms with Gasteiger partial charge in [-0.2, -0.15) is 5.26 Å². The maximum absolute atomic E-state index is 13.4. The second-order valence-electron chi connectivity index (χ2n) is 9.17. The summed E-state index contributed by atoms with van der Waals surface area (Å²) in [5, 5.41) is 13.7. The number of anilines is 1. The molecule has 6 nitrogen and oxygen atoms in total. The largest absolute Gasteiger partial charge is 0.415 e. The van der Waals surface area contributed by atoms with Gasteiger partial charge in [0.05, 0.1) is 32.7 Å². The molecule has 3 rings (SSSR count). The number of rotatable bonds is 6. The number of nitrogens with zero attached hydrogens (tertiary/aromatic N) is 3. The van der Waals surface area contributed by atoms with E-state index in [-0.39, 0.29) is 17.5 Å². The molecule has 0 saturated heterocycles. The number of carbonyl (C=O) groups excluding carboxylic acids is 1. The Balaban J connectivity index is 1.92. The van der Waals surface area contributed by atoms with Gasteiger partial charge in [-0.3, -0.25) is 4.79 Å². The number of hydrogen-bond donors (Lipinski definition) is 1. The average Bonchev–Trinajstić information content (AvgIpc) is 2.98. The van der Waals surface area contributed by atoms with Crippen LogP contribution in [-0.4, -0.2) is 49.9 Å². The fourth-order valence-corrected chi connectivity index (χ4v) is 5.73. The van der Waals surface area contributed by atoms with Crippen molar-refractivity contribution in [2.45, 2.75) is 45.4 Å². The molecule has 1 aliphatic rings. The maximum Gasteiger partial charge on any atom is 0.271 e. The van der Waals surface area contributed by atoms with Crippen LogP contribution in [0.15, 0.2) is 10.5 Å². The lowest BCUT2D eigenvalue weighted by Crippen LogP contribution is -2.45. The molecule has 0 unspecified atom stereocenters. The first-order valence-electron chi connectivity index (χ1n) is 10.1. The summed E-state index contributed by atoms with van der Waals surface area (Å²) in [6.07, 6.45) is 0. The lowest BCUT2D eigenvalue weighted by atomic mass is 10.2. The fraction of sp³-hybridized carbons (Fsp3) is 0.524. The second-order valence-corrected chi connectivity index (χ2v) is 15.6. The highest BCUT2D eigenvalue weighted by molar-refractivity contribution is 9.10. The Kier molecular flexibility index (Phi) is 7.04. The number of amides is 1. The van der Waals surface area contributed by atoms with Crippen molar-refractivity contribution < 1.29 is 9.22 Å². The summed E-state index contributed by atoms with van der Waals surface area (Å²) < 4.78 is 8.84. The molecule has 0 fully saturated rings.